The Hall–Kier alpha value is -2.69. The van der Waals surface area contributed by atoms with E-state index in [1.807, 2.05) is 6.92 Å². The summed E-state index contributed by atoms with van der Waals surface area (Å²) >= 11 is 0. The Kier molecular flexibility index (Phi) is 4.10. The lowest BCUT2D eigenvalue weighted by Crippen LogP contribution is -2.13. The van der Waals surface area contributed by atoms with Crippen LogP contribution in [0, 0.1) is 0 Å². The fourth-order valence-corrected chi connectivity index (χ4v) is 1.75. The minimum atomic E-state index is -0.584. The lowest BCUT2D eigenvalue weighted by atomic mass is 10.1. The maximum Gasteiger partial charge on any atom is 0.250 e. The maximum atomic E-state index is 11.2. The number of nitrogens with two attached hydrogens (primary N) is 2. The van der Waals surface area contributed by atoms with Crippen LogP contribution < -0.4 is 20.9 Å². The maximum absolute atomic E-state index is 11.2. The van der Waals surface area contributed by atoms with Crippen LogP contribution in [0.3, 0.4) is 0 Å². The molecule has 20 heavy (non-hydrogen) atoms. The fourth-order valence-electron chi connectivity index (χ4n) is 1.75. The fraction of sp³-hybridized carbons (Fsp3) is 0.133. The number of benzene rings is 2. The first kappa shape index (κ1) is 13.7. The van der Waals surface area contributed by atoms with Gasteiger partial charge in [-0.25, -0.2) is 0 Å². The molecule has 5 nitrogen and oxygen atoms in total. The second kappa shape index (κ2) is 5.97. The number of carbonyl (C=O) groups is 1. The van der Waals surface area contributed by atoms with Gasteiger partial charge in [-0.15, -0.1) is 0 Å². The third kappa shape index (κ3) is 3.00. The van der Waals surface area contributed by atoms with Crippen molar-refractivity contribution in [3.63, 3.8) is 0 Å². The molecule has 1 amide bonds. The minimum Gasteiger partial charge on any atom is -0.494 e. The van der Waals surface area contributed by atoms with E-state index in [9.17, 15) is 4.79 Å². The first-order valence-electron chi connectivity index (χ1n) is 6.21. The molecule has 2 aromatic rings. The van der Waals surface area contributed by atoms with E-state index >= 15 is 0 Å². The Labute approximate surface area is 117 Å². The molecule has 0 unspecified atom stereocenters. The van der Waals surface area contributed by atoms with Gasteiger partial charge in [-0.05, 0) is 43.3 Å². The lowest BCUT2D eigenvalue weighted by Gasteiger charge is -2.11. The number of anilines is 1. The van der Waals surface area contributed by atoms with E-state index in [2.05, 4.69) is 0 Å². The molecule has 0 aliphatic heterocycles. The van der Waals surface area contributed by atoms with Gasteiger partial charge < -0.3 is 20.9 Å². The monoisotopic (exact) mass is 272 g/mol. The largest absolute Gasteiger partial charge is 0.494 e. The molecule has 0 heterocycles. The zero-order valence-electron chi connectivity index (χ0n) is 11.1. The summed E-state index contributed by atoms with van der Waals surface area (Å²) in [5, 5.41) is 0. The van der Waals surface area contributed by atoms with Crippen LogP contribution in [-0.2, 0) is 0 Å². The Bertz CT molecular complexity index is 609. The standard InChI is InChI=1S/C15H16N2O3/c1-2-19-10-6-8-11(9-7-10)20-13-5-3-4-12(14(13)16)15(17)18/h3-9H,2,16H2,1H3,(H2,17,18). The summed E-state index contributed by atoms with van der Waals surface area (Å²) in [6.45, 7) is 2.52. The van der Waals surface area contributed by atoms with Gasteiger partial charge in [-0.1, -0.05) is 6.07 Å². The molecule has 2 rings (SSSR count). The zero-order chi connectivity index (χ0) is 14.5. The molecule has 0 aliphatic rings. The summed E-state index contributed by atoms with van der Waals surface area (Å²) in [6.07, 6.45) is 0. The van der Waals surface area contributed by atoms with Crippen LogP contribution in [0.2, 0.25) is 0 Å². The minimum absolute atomic E-state index is 0.230. The highest BCUT2D eigenvalue weighted by Crippen LogP contribution is 2.30. The van der Waals surface area contributed by atoms with E-state index in [0.29, 0.717) is 18.1 Å². The summed E-state index contributed by atoms with van der Waals surface area (Å²) in [7, 11) is 0. The Balaban J connectivity index is 2.21. The molecule has 0 atom stereocenters. The third-order valence-electron chi connectivity index (χ3n) is 2.69. The van der Waals surface area contributed by atoms with Crippen molar-refractivity contribution in [2.45, 2.75) is 6.92 Å². The molecule has 4 N–H and O–H groups in total. The van der Waals surface area contributed by atoms with Gasteiger partial charge >= 0.3 is 0 Å². The van der Waals surface area contributed by atoms with Crippen molar-refractivity contribution >= 4 is 11.6 Å². The van der Waals surface area contributed by atoms with Crippen LogP contribution in [0.1, 0.15) is 17.3 Å². The quantitative estimate of drug-likeness (QED) is 0.819. The topological polar surface area (TPSA) is 87.6 Å². The van der Waals surface area contributed by atoms with Gasteiger partial charge in [0.05, 0.1) is 17.9 Å². The van der Waals surface area contributed by atoms with Crippen molar-refractivity contribution in [1.29, 1.82) is 0 Å². The first-order valence-corrected chi connectivity index (χ1v) is 6.21. The second-order valence-corrected chi connectivity index (χ2v) is 4.09. The number of hydrogen-bond acceptors (Lipinski definition) is 4. The smallest absolute Gasteiger partial charge is 0.250 e. The van der Waals surface area contributed by atoms with E-state index in [0.717, 1.165) is 5.75 Å². The van der Waals surface area contributed by atoms with Crippen LogP contribution in [0.5, 0.6) is 17.2 Å². The lowest BCUT2D eigenvalue weighted by molar-refractivity contribution is 0.100. The van der Waals surface area contributed by atoms with Crippen molar-refractivity contribution in [3.05, 3.63) is 48.0 Å². The highest BCUT2D eigenvalue weighted by atomic mass is 16.5. The highest BCUT2D eigenvalue weighted by molar-refractivity contribution is 5.99. The van der Waals surface area contributed by atoms with Crippen LogP contribution in [0.4, 0.5) is 5.69 Å². The number of amides is 1. The van der Waals surface area contributed by atoms with Gasteiger partial charge in [0.2, 0.25) is 0 Å². The second-order valence-electron chi connectivity index (χ2n) is 4.09. The van der Waals surface area contributed by atoms with E-state index < -0.39 is 5.91 Å². The first-order chi connectivity index (χ1) is 9.61. The predicted octanol–water partition coefficient (Wildman–Crippen LogP) is 2.56. The summed E-state index contributed by atoms with van der Waals surface area (Å²) in [5.74, 6) is 1.17. The highest BCUT2D eigenvalue weighted by Gasteiger charge is 2.11. The molecule has 5 heteroatoms. The predicted molar refractivity (Wildman–Crippen MR) is 77.1 cm³/mol. The number of primary amides is 1. The normalized spacial score (nSPS) is 10.1. The number of ether oxygens (including phenoxy) is 2. The van der Waals surface area contributed by atoms with E-state index in [1.165, 1.54) is 0 Å². The zero-order valence-corrected chi connectivity index (χ0v) is 11.1. The van der Waals surface area contributed by atoms with Crippen molar-refractivity contribution < 1.29 is 14.3 Å². The summed E-state index contributed by atoms with van der Waals surface area (Å²) < 4.78 is 11.0. The number of para-hydroxylation sites is 1. The molecule has 0 bridgehead atoms. The van der Waals surface area contributed by atoms with Crippen molar-refractivity contribution in [2.75, 3.05) is 12.3 Å². The van der Waals surface area contributed by atoms with E-state index in [4.69, 9.17) is 20.9 Å². The number of hydrogen-bond donors (Lipinski definition) is 2. The van der Waals surface area contributed by atoms with Gasteiger partial charge in [0, 0.05) is 0 Å². The van der Waals surface area contributed by atoms with E-state index in [1.54, 1.807) is 42.5 Å². The molecule has 0 saturated carbocycles. The van der Waals surface area contributed by atoms with Gasteiger partial charge in [-0.3, -0.25) is 4.79 Å². The van der Waals surface area contributed by atoms with E-state index in [-0.39, 0.29) is 11.3 Å². The summed E-state index contributed by atoms with van der Waals surface area (Å²) in [5.41, 5.74) is 11.6. The molecular formula is C15H16N2O3. The molecule has 0 aliphatic carbocycles. The molecule has 0 aromatic heterocycles. The molecule has 0 spiro atoms. The Morgan fingerprint density at radius 2 is 1.75 bits per heavy atom. The molecule has 104 valence electrons. The van der Waals surface area contributed by atoms with Crippen LogP contribution >= 0.6 is 0 Å². The average Bonchev–Trinajstić information content (AvgIpc) is 2.43. The Morgan fingerprint density at radius 1 is 1.10 bits per heavy atom. The number of rotatable bonds is 5. The Morgan fingerprint density at radius 3 is 2.35 bits per heavy atom. The van der Waals surface area contributed by atoms with Crippen LogP contribution in [0.25, 0.3) is 0 Å². The number of nitrogen functional groups attached to an aromatic ring is 1. The average molecular weight is 272 g/mol. The summed E-state index contributed by atoms with van der Waals surface area (Å²) in [4.78, 5) is 11.2. The van der Waals surface area contributed by atoms with Crippen LogP contribution in [-0.4, -0.2) is 12.5 Å². The van der Waals surface area contributed by atoms with Crippen LogP contribution in [0.15, 0.2) is 42.5 Å². The molecule has 0 saturated heterocycles. The van der Waals surface area contributed by atoms with Gasteiger partial charge in [0.15, 0.2) is 5.75 Å². The van der Waals surface area contributed by atoms with Gasteiger partial charge in [-0.2, -0.15) is 0 Å². The van der Waals surface area contributed by atoms with Crippen molar-refractivity contribution in [1.82, 2.24) is 0 Å². The molecule has 2 aromatic carbocycles. The molecule has 0 fully saturated rings. The third-order valence-corrected chi connectivity index (χ3v) is 2.69. The summed E-state index contributed by atoms with van der Waals surface area (Å²) in [6, 6.07) is 12.0. The van der Waals surface area contributed by atoms with Crippen molar-refractivity contribution in [2.24, 2.45) is 5.73 Å². The van der Waals surface area contributed by atoms with Gasteiger partial charge in [0.25, 0.3) is 5.91 Å². The van der Waals surface area contributed by atoms with Crippen molar-refractivity contribution in [3.8, 4) is 17.2 Å². The van der Waals surface area contributed by atoms with Gasteiger partial charge in [0.1, 0.15) is 11.5 Å². The number of carbonyl (C=O) groups excluding carboxylic acids is 1. The molecular weight excluding hydrogens is 256 g/mol. The molecule has 0 radical (unpaired) electrons. The SMILES string of the molecule is CCOc1ccc(Oc2cccc(C(N)=O)c2N)cc1.